The number of hydrogen-bond donors (Lipinski definition) is 1. The van der Waals surface area contributed by atoms with Gasteiger partial charge in [0.05, 0.1) is 0 Å². The van der Waals surface area contributed by atoms with Gasteiger partial charge in [0.15, 0.2) is 0 Å². The quantitative estimate of drug-likeness (QED) is 0.697. The van der Waals surface area contributed by atoms with E-state index in [1.807, 2.05) is 0 Å². The molecule has 1 saturated carbocycles. The van der Waals surface area contributed by atoms with Gasteiger partial charge in [-0.3, -0.25) is 4.79 Å². The van der Waals surface area contributed by atoms with Crippen LogP contribution in [0.4, 0.5) is 0 Å². The predicted molar refractivity (Wildman–Crippen MR) is 59.0 cm³/mol. The highest BCUT2D eigenvalue weighted by Gasteiger charge is 2.20. The van der Waals surface area contributed by atoms with Crippen LogP contribution in [0.2, 0.25) is 0 Å². The van der Waals surface area contributed by atoms with Crippen molar-refractivity contribution in [2.45, 2.75) is 52.4 Å². The standard InChI is InChI=1S/C12H23NO/c1-3-10(4-2)9-13-12(14)8-11-6-5-7-11/h10-11H,3-9H2,1-2H3,(H,13,14). The maximum atomic E-state index is 11.5. The Kier molecular flexibility index (Phi) is 4.99. The van der Waals surface area contributed by atoms with Crippen molar-refractivity contribution in [3.63, 3.8) is 0 Å². The molecule has 0 atom stereocenters. The lowest BCUT2D eigenvalue weighted by Crippen LogP contribution is -2.31. The van der Waals surface area contributed by atoms with Gasteiger partial charge in [-0.15, -0.1) is 0 Å². The fourth-order valence-corrected chi connectivity index (χ4v) is 1.87. The second-order valence-electron chi connectivity index (χ2n) is 4.49. The topological polar surface area (TPSA) is 29.1 Å². The second kappa shape index (κ2) is 6.05. The summed E-state index contributed by atoms with van der Waals surface area (Å²) in [6.45, 7) is 5.25. The third-order valence-corrected chi connectivity index (χ3v) is 3.44. The SMILES string of the molecule is CCC(CC)CNC(=O)CC1CCC1. The average molecular weight is 197 g/mol. The Morgan fingerprint density at radius 1 is 1.36 bits per heavy atom. The molecule has 0 aromatic rings. The third-order valence-electron chi connectivity index (χ3n) is 3.44. The average Bonchev–Trinajstić information content (AvgIpc) is 2.13. The summed E-state index contributed by atoms with van der Waals surface area (Å²) in [5.41, 5.74) is 0. The molecule has 0 radical (unpaired) electrons. The highest BCUT2D eigenvalue weighted by Crippen LogP contribution is 2.29. The molecule has 2 nitrogen and oxygen atoms in total. The lowest BCUT2D eigenvalue weighted by atomic mass is 9.83. The van der Waals surface area contributed by atoms with Gasteiger partial charge in [0.1, 0.15) is 0 Å². The number of hydrogen-bond acceptors (Lipinski definition) is 1. The zero-order valence-corrected chi connectivity index (χ0v) is 9.51. The second-order valence-corrected chi connectivity index (χ2v) is 4.49. The molecule has 1 N–H and O–H groups in total. The normalized spacial score (nSPS) is 16.8. The zero-order valence-electron chi connectivity index (χ0n) is 9.51. The van der Waals surface area contributed by atoms with Crippen LogP contribution in [0.25, 0.3) is 0 Å². The molecule has 1 aliphatic rings. The first kappa shape index (κ1) is 11.5. The lowest BCUT2D eigenvalue weighted by molar-refractivity contribution is -0.122. The van der Waals surface area contributed by atoms with Crippen molar-refractivity contribution < 1.29 is 4.79 Å². The molecule has 0 heterocycles. The molecule has 1 amide bonds. The van der Waals surface area contributed by atoms with E-state index in [0.29, 0.717) is 11.8 Å². The first-order valence-corrected chi connectivity index (χ1v) is 6.02. The van der Waals surface area contributed by atoms with Crippen molar-refractivity contribution in [3.8, 4) is 0 Å². The van der Waals surface area contributed by atoms with Crippen molar-refractivity contribution in [1.82, 2.24) is 5.32 Å². The van der Waals surface area contributed by atoms with Crippen LogP contribution < -0.4 is 5.32 Å². The van der Waals surface area contributed by atoms with Gasteiger partial charge in [-0.2, -0.15) is 0 Å². The fraction of sp³-hybridized carbons (Fsp3) is 0.917. The molecule has 0 bridgehead atoms. The first-order chi connectivity index (χ1) is 6.76. The molecule has 0 saturated heterocycles. The van der Waals surface area contributed by atoms with Crippen LogP contribution >= 0.6 is 0 Å². The van der Waals surface area contributed by atoms with E-state index in [2.05, 4.69) is 19.2 Å². The number of nitrogens with one attached hydrogen (secondary N) is 1. The van der Waals surface area contributed by atoms with Crippen LogP contribution in [0.5, 0.6) is 0 Å². The zero-order chi connectivity index (χ0) is 10.4. The molecule has 1 fully saturated rings. The molecule has 82 valence electrons. The molecule has 0 unspecified atom stereocenters. The summed E-state index contributed by atoms with van der Waals surface area (Å²) < 4.78 is 0. The molecule has 1 rings (SSSR count). The number of carbonyl (C=O) groups excluding carboxylic acids is 1. The molecule has 14 heavy (non-hydrogen) atoms. The van der Waals surface area contributed by atoms with Gasteiger partial charge in [0.25, 0.3) is 0 Å². The van der Waals surface area contributed by atoms with Gasteiger partial charge in [-0.1, -0.05) is 33.1 Å². The first-order valence-electron chi connectivity index (χ1n) is 6.02. The number of amides is 1. The summed E-state index contributed by atoms with van der Waals surface area (Å²) in [7, 11) is 0. The van der Waals surface area contributed by atoms with E-state index in [1.54, 1.807) is 0 Å². The minimum atomic E-state index is 0.265. The van der Waals surface area contributed by atoms with Gasteiger partial charge >= 0.3 is 0 Å². The summed E-state index contributed by atoms with van der Waals surface area (Å²) in [6, 6.07) is 0. The molecule has 0 aliphatic heterocycles. The summed E-state index contributed by atoms with van der Waals surface area (Å²) in [6.07, 6.45) is 6.95. The van der Waals surface area contributed by atoms with Crippen LogP contribution in [-0.4, -0.2) is 12.5 Å². The Morgan fingerprint density at radius 3 is 2.43 bits per heavy atom. The van der Waals surface area contributed by atoms with Crippen molar-refractivity contribution in [1.29, 1.82) is 0 Å². The fourth-order valence-electron chi connectivity index (χ4n) is 1.87. The number of carbonyl (C=O) groups is 1. The molecule has 0 aromatic carbocycles. The van der Waals surface area contributed by atoms with E-state index < -0.39 is 0 Å². The van der Waals surface area contributed by atoms with Gasteiger partial charge < -0.3 is 5.32 Å². The van der Waals surface area contributed by atoms with Gasteiger partial charge in [0.2, 0.25) is 5.91 Å². The smallest absolute Gasteiger partial charge is 0.220 e. The van der Waals surface area contributed by atoms with E-state index in [-0.39, 0.29) is 5.91 Å². The third kappa shape index (κ3) is 3.69. The Labute approximate surface area is 87.5 Å². The molecular formula is C12H23NO. The lowest BCUT2D eigenvalue weighted by Gasteiger charge is -2.24. The molecular weight excluding hydrogens is 174 g/mol. The largest absolute Gasteiger partial charge is 0.356 e. The summed E-state index contributed by atoms with van der Waals surface area (Å²) in [4.78, 5) is 11.5. The Morgan fingerprint density at radius 2 is 2.00 bits per heavy atom. The monoisotopic (exact) mass is 197 g/mol. The highest BCUT2D eigenvalue weighted by atomic mass is 16.1. The van der Waals surface area contributed by atoms with E-state index >= 15 is 0 Å². The van der Waals surface area contributed by atoms with Gasteiger partial charge in [-0.25, -0.2) is 0 Å². The predicted octanol–water partition coefficient (Wildman–Crippen LogP) is 2.73. The van der Waals surface area contributed by atoms with Gasteiger partial charge in [0, 0.05) is 13.0 Å². The summed E-state index contributed by atoms with van der Waals surface area (Å²) >= 11 is 0. The summed E-state index contributed by atoms with van der Waals surface area (Å²) in [5, 5.41) is 3.04. The molecule has 2 heteroatoms. The molecule has 1 aliphatic carbocycles. The summed E-state index contributed by atoms with van der Waals surface area (Å²) in [5.74, 6) is 1.62. The van der Waals surface area contributed by atoms with E-state index in [4.69, 9.17) is 0 Å². The maximum Gasteiger partial charge on any atom is 0.220 e. The van der Waals surface area contributed by atoms with Crippen LogP contribution in [0.15, 0.2) is 0 Å². The van der Waals surface area contributed by atoms with E-state index in [0.717, 1.165) is 13.0 Å². The molecule has 0 spiro atoms. The Bertz CT molecular complexity index is 171. The van der Waals surface area contributed by atoms with Crippen molar-refractivity contribution in [2.75, 3.05) is 6.54 Å². The Hall–Kier alpha value is -0.530. The van der Waals surface area contributed by atoms with Crippen LogP contribution in [-0.2, 0) is 4.79 Å². The maximum absolute atomic E-state index is 11.5. The van der Waals surface area contributed by atoms with Crippen LogP contribution in [0.3, 0.4) is 0 Å². The van der Waals surface area contributed by atoms with Gasteiger partial charge in [-0.05, 0) is 24.7 Å². The van der Waals surface area contributed by atoms with Crippen LogP contribution in [0.1, 0.15) is 52.4 Å². The minimum absolute atomic E-state index is 0.265. The van der Waals surface area contributed by atoms with Crippen molar-refractivity contribution in [2.24, 2.45) is 11.8 Å². The van der Waals surface area contributed by atoms with E-state index in [1.165, 1.54) is 32.1 Å². The Balaban J connectivity index is 2.07. The van der Waals surface area contributed by atoms with Crippen molar-refractivity contribution >= 4 is 5.91 Å². The number of rotatable bonds is 6. The molecule has 0 aromatic heterocycles. The van der Waals surface area contributed by atoms with Crippen LogP contribution in [0, 0.1) is 11.8 Å². The minimum Gasteiger partial charge on any atom is -0.356 e. The van der Waals surface area contributed by atoms with E-state index in [9.17, 15) is 4.79 Å². The van der Waals surface area contributed by atoms with Crippen molar-refractivity contribution in [3.05, 3.63) is 0 Å². The highest BCUT2D eigenvalue weighted by molar-refractivity contribution is 5.76.